The minimum atomic E-state index is -0.270. The summed E-state index contributed by atoms with van der Waals surface area (Å²) in [5.41, 5.74) is 10.3. The molecular formula is C32H29N3O3. The quantitative estimate of drug-likeness (QED) is 0.351. The summed E-state index contributed by atoms with van der Waals surface area (Å²) in [5, 5.41) is 4.49. The molecule has 1 N–H and O–H groups in total. The predicted octanol–water partition coefficient (Wildman–Crippen LogP) is 5.92. The van der Waals surface area contributed by atoms with E-state index in [0.717, 1.165) is 53.0 Å². The second kappa shape index (κ2) is 10.1. The van der Waals surface area contributed by atoms with Crippen molar-refractivity contribution in [1.82, 2.24) is 10.3 Å². The molecule has 6 rings (SSSR count). The summed E-state index contributed by atoms with van der Waals surface area (Å²) in [6.07, 6.45) is 3.16. The Labute approximate surface area is 222 Å². The summed E-state index contributed by atoms with van der Waals surface area (Å²) in [6.45, 7) is 3.17. The molecule has 1 aromatic heterocycles. The van der Waals surface area contributed by atoms with Crippen molar-refractivity contribution in [2.45, 2.75) is 39.2 Å². The molecular weight excluding hydrogens is 474 g/mol. The lowest BCUT2D eigenvalue weighted by Crippen LogP contribution is -2.36. The second-order valence-electron chi connectivity index (χ2n) is 9.90. The van der Waals surface area contributed by atoms with E-state index in [9.17, 15) is 9.59 Å². The molecule has 1 aliphatic heterocycles. The average molecular weight is 504 g/mol. The van der Waals surface area contributed by atoms with Crippen LogP contribution in [0.4, 0.5) is 0 Å². The third kappa shape index (κ3) is 4.54. The van der Waals surface area contributed by atoms with Gasteiger partial charge in [0.2, 0.25) is 0 Å². The molecule has 2 heterocycles. The van der Waals surface area contributed by atoms with Crippen LogP contribution in [-0.4, -0.2) is 29.0 Å². The molecule has 0 fully saturated rings. The Morgan fingerprint density at radius 3 is 2.34 bits per heavy atom. The fourth-order valence-electron chi connectivity index (χ4n) is 5.42. The Hall–Kier alpha value is -4.45. The fourth-order valence-corrected chi connectivity index (χ4v) is 5.42. The van der Waals surface area contributed by atoms with Crippen molar-refractivity contribution >= 4 is 17.5 Å². The number of carbonyl (C=O) groups is 2. The molecule has 3 aromatic carbocycles. The molecule has 0 radical (unpaired) electrons. The first-order valence-electron chi connectivity index (χ1n) is 13.1. The highest BCUT2D eigenvalue weighted by Gasteiger charge is 2.31. The molecule has 0 atom stereocenters. The van der Waals surface area contributed by atoms with Crippen molar-refractivity contribution in [3.8, 4) is 11.1 Å². The van der Waals surface area contributed by atoms with Crippen molar-refractivity contribution in [2.75, 3.05) is 6.54 Å². The van der Waals surface area contributed by atoms with Gasteiger partial charge < -0.3 is 9.32 Å². The number of nitrogens with zero attached hydrogens (tertiary/aromatic N) is 2. The Bertz CT molecular complexity index is 1530. The highest BCUT2D eigenvalue weighted by Crippen LogP contribution is 2.31. The first-order valence-corrected chi connectivity index (χ1v) is 13.1. The summed E-state index contributed by atoms with van der Waals surface area (Å²) in [5.74, 6) is 0.795. The molecule has 2 aliphatic rings. The van der Waals surface area contributed by atoms with Gasteiger partial charge in [0.15, 0.2) is 5.76 Å². The zero-order chi connectivity index (χ0) is 26.1. The molecule has 0 saturated carbocycles. The first kappa shape index (κ1) is 23.9. The smallest absolute Gasteiger partial charge is 0.290 e. The SMILES string of the molecule is Cc1c(C(=O)N2CCc3ccccc3C2)oc2c1/C(=N/NC(=O)c1ccc(-c3ccccc3)cc1)CCC2. The molecule has 4 aromatic rings. The van der Waals surface area contributed by atoms with Crippen LogP contribution in [0.15, 0.2) is 88.4 Å². The van der Waals surface area contributed by atoms with E-state index in [-0.39, 0.29) is 11.8 Å². The van der Waals surface area contributed by atoms with Crippen LogP contribution in [0.5, 0.6) is 0 Å². The lowest BCUT2D eigenvalue weighted by Gasteiger charge is -2.28. The average Bonchev–Trinajstić information content (AvgIpc) is 3.32. The van der Waals surface area contributed by atoms with E-state index >= 15 is 0 Å². The van der Waals surface area contributed by atoms with Crippen molar-refractivity contribution in [1.29, 1.82) is 0 Å². The summed E-state index contributed by atoms with van der Waals surface area (Å²) in [6, 6.07) is 25.8. The third-order valence-corrected chi connectivity index (χ3v) is 7.48. The van der Waals surface area contributed by atoms with Gasteiger partial charge in [-0.25, -0.2) is 5.43 Å². The Morgan fingerprint density at radius 2 is 1.55 bits per heavy atom. The highest BCUT2D eigenvalue weighted by molar-refractivity contribution is 6.07. The number of aryl methyl sites for hydroxylation is 1. The van der Waals surface area contributed by atoms with Gasteiger partial charge in [0, 0.05) is 36.2 Å². The number of furan rings is 1. The van der Waals surface area contributed by atoms with Crippen LogP contribution in [0.1, 0.15) is 61.8 Å². The molecule has 190 valence electrons. The van der Waals surface area contributed by atoms with Crippen LogP contribution in [0.2, 0.25) is 0 Å². The van der Waals surface area contributed by atoms with Crippen LogP contribution in [-0.2, 0) is 19.4 Å². The maximum atomic E-state index is 13.5. The normalized spacial score (nSPS) is 15.6. The van der Waals surface area contributed by atoms with E-state index in [0.29, 0.717) is 30.8 Å². The van der Waals surface area contributed by atoms with Gasteiger partial charge in [0.1, 0.15) is 5.76 Å². The van der Waals surface area contributed by atoms with Crippen molar-refractivity contribution in [2.24, 2.45) is 5.10 Å². The monoisotopic (exact) mass is 503 g/mol. The van der Waals surface area contributed by atoms with E-state index in [1.54, 1.807) is 12.1 Å². The lowest BCUT2D eigenvalue weighted by molar-refractivity contribution is 0.0699. The largest absolute Gasteiger partial charge is 0.455 e. The van der Waals surface area contributed by atoms with Crippen LogP contribution in [0.25, 0.3) is 11.1 Å². The number of amides is 2. The molecule has 38 heavy (non-hydrogen) atoms. The fraction of sp³-hybridized carbons (Fsp3) is 0.219. The van der Waals surface area contributed by atoms with Gasteiger partial charge in [-0.15, -0.1) is 0 Å². The van der Waals surface area contributed by atoms with Crippen LogP contribution in [0.3, 0.4) is 0 Å². The number of hydrogen-bond donors (Lipinski definition) is 1. The maximum absolute atomic E-state index is 13.5. The van der Waals surface area contributed by atoms with Crippen LogP contribution < -0.4 is 5.43 Å². The third-order valence-electron chi connectivity index (χ3n) is 7.48. The van der Waals surface area contributed by atoms with E-state index in [2.05, 4.69) is 22.7 Å². The number of hydrogen-bond acceptors (Lipinski definition) is 4. The van der Waals surface area contributed by atoms with E-state index < -0.39 is 0 Å². The van der Waals surface area contributed by atoms with Crippen LogP contribution >= 0.6 is 0 Å². The zero-order valence-electron chi connectivity index (χ0n) is 21.4. The molecule has 1 aliphatic carbocycles. The number of nitrogens with one attached hydrogen (secondary N) is 1. The zero-order valence-corrected chi connectivity index (χ0v) is 21.4. The summed E-state index contributed by atoms with van der Waals surface area (Å²) in [7, 11) is 0. The molecule has 0 spiro atoms. The lowest BCUT2D eigenvalue weighted by atomic mass is 9.93. The number of rotatable bonds is 4. The molecule has 0 saturated heterocycles. The minimum Gasteiger partial charge on any atom is -0.455 e. The van der Waals surface area contributed by atoms with Gasteiger partial charge in [-0.1, -0.05) is 66.7 Å². The van der Waals surface area contributed by atoms with Crippen molar-refractivity contribution < 1.29 is 14.0 Å². The summed E-state index contributed by atoms with van der Waals surface area (Å²) < 4.78 is 6.13. The number of fused-ring (bicyclic) bond motifs is 2. The highest BCUT2D eigenvalue weighted by atomic mass is 16.4. The van der Waals surface area contributed by atoms with E-state index in [1.807, 2.05) is 66.4 Å². The molecule has 2 amide bonds. The predicted molar refractivity (Wildman–Crippen MR) is 147 cm³/mol. The van der Waals surface area contributed by atoms with Crippen LogP contribution in [0, 0.1) is 6.92 Å². The molecule has 6 heteroatoms. The van der Waals surface area contributed by atoms with Gasteiger partial charge in [0.05, 0.1) is 5.71 Å². The van der Waals surface area contributed by atoms with Gasteiger partial charge in [-0.05, 0) is 60.6 Å². The van der Waals surface area contributed by atoms with Gasteiger partial charge in [-0.2, -0.15) is 5.10 Å². The Balaban J connectivity index is 1.19. The number of carbonyl (C=O) groups excluding carboxylic acids is 2. The topological polar surface area (TPSA) is 74.9 Å². The maximum Gasteiger partial charge on any atom is 0.290 e. The van der Waals surface area contributed by atoms with E-state index in [4.69, 9.17) is 4.42 Å². The summed E-state index contributed by atoms with van der Waals surface area (Å²) >= 11 is 0. The molecule has 0 bridgehead atoms. The van der Waals surface area contributed by atoms with Gasteiger partial charge in [-0.3, -0.25) is 9.59 Å². The van der Waals surface area contributed by atoms with Crippen molar-refractivity contribution in [3.63, 3.8) is 0 Å². The minimum absolute atomic E-state index is 0.0895. The molecule has 0 unspecified atom stereocenters. The second-order valence-corrected chi connectivity index (χ2v) is 9.90. The van der Waals surface area contributed by atoms with E-state index in [1.165, 1.54) is 11.1 Å². The van der Waals surface area contributed by atoms with Gasteiger partial charge in [0.25, 0.3) is 11.8 Å². The number of benzene rings is 3. The number of hydrazone groups is 1. The Morgan fingerprint density at radius 1 is 0.842 bits per heavy atom. The van der Waals surface area contributed by atoms with Crippen molar-refractivity contribution in [3.05, 3.63) is 118 Å². The van der Waals surface area contributed by atoms with Gasteiger partial charge >= 0.3 is 0 Å². The summed E-state index contributed by atoms with van der Waals surface area (Å²) in [4.78, 5) is 28.2. The Kier molecular flexibility index (Phi) is 6.38. The first-order chi connectivity index (χ1) is 18.6. The molecule has 6 nitrogen and oxygen atoms in total. The standard InChI is InChI=1S/C32H29N3O3/c1-21-29-27(33-34-31(36)25-16-14-24(15-17-25)22-8-3-2-4-9-22)12-7-13-28(29)38-30(21)32(37)35-19-18-23-10-5-6-11-26(23)20-35/h2-6,8-11,14-17H,7,12-13,18-20H2,1H3,(H,34,36)/b33-27+.